The molecule has 2 rings (SSSR count). The molecule has 0 spiro atoms. The average molecular weight is 319 g/mol. The molecule has 0 saturated carbocycles. The lowest BCUT2D eigenvalue weighted by molar-refractivity contribution is 0.0943. The quantitative estimate of drug-likeness (QED) is 0.444. The van der Waals surface area contributed by atoms with Crippen molar-refractivity contribution in [3.05, 3.63) is 34.9 Å². The lowest BCUT2D eigenvalue weighted by Crippen LogP contribution is -2.47. The third-order valence-corrected chi connectivity index (χ3v) is 4.21. The van der Waals surface area contributed by atoms with Crippen LogP contribution in [0.1, 0.15) is 60.5 Å². The topological polar surface area (TPSA) is 53.2 Å². The van der Waals surface area contributed by atoms with Crippen molar-refractivity contribution >= 4 is 23.2 Å². The molecule has 1 aromatic carbocycles. The maximum atomic E-state index is 12.2. The average Bonchev–Trinajstić information content (AvgIpc) is 2.56. The molecule has 120 valence electrons. The van der Waals surface area contributed by atoms with Gasteiger partial charge in [-0.25, -0.2) is 0 Å². The highest BCUT2D eigenvalue weighted by Gasteiger charge is 2.12. The largest absolute Gasteiger partial charge is 0.361 e. The van der Waals surface area contributed by atoms with E-state index in [9.17, 15) is 4.79 Å². The van der Waals surface area contributed by atoms with Crippen molar-refractivity contribution in [2.75, 3.05) is 6.54 Å². The molecule has 1 amide bonds. The highest BCUT2D eigenvalue weighted by Crippen LogP contribution is 2.22. The standard InChI is InChI=1S/C17H25N3OS/c1-2-3-6-11-18-17(22)20-19-16(21)15-10-9-13-7-4-5-8-14(13)12-15/h9-10,12H,2-8,11H2,1H3,(H,19,21)(H2,18,20,22). The van der Waals surface area contributed by atoms with Gasteiger partial charge in [-0.05, 0) is 67.6 Å². The molecule has 0 radical (unpaired) electrons. The van der Waals surface area contributed by atoms with Crippen molar-refractivity contribution in [1.29, 1.82) is 0 Å². The summed E-state index contributed by atoms with van der Waals surface area (Å²) in [6.45, 7) is 2.99. The third-order valence-electron chi connectivity index (χ3n) is 3.97. The molecular weight excluding hydrogens is 294 g/mol. The molecule has 1 aliphatic carbocycles. The van der Waals surface area contributed by atoms with E-state index in [0.29, 0.717) is 10.7 Å². The van der Waals surface area contributed by atoms with Crippen LogP contribution in [-0.4, -0.2) is 17.6 Å². The molecule has 0 aliphatic heterocycles. The zero-order valence-electron chi connectivity index (χ0n) is 13.2. The van der Waals surface area contributed by atoms with Crippen molar-refractivity contribution < 1.29 is 4.79 Å². The molecule has 1 aliphatic rings. The van der Waals surface area contributed by atoms with E-state index in [-0.39, 0.29) is 5.91 Å². The molecule has 3 N–H and O–H groups in total. The first-order valence-electron chi connectivity index (χ1n) is 8.16. The van der Waals surface area contributed by atoms with Crippen molar-refractivity contribution in [3.63, 3.8) is 0 Å². The Hall–Kier alpha value is -1.62. The third kappa shape index (κ3) is 4.98. The van der Waals surface area contributed by atoms with Gasteiger partial charge in [0.25, 0.3) is 5.91 Å². The van der Waals surface area contributed by atoms with Crippen LogP contribution in [0.3, 0.4) is 0 Å². The van der Waals surface area contributed by atoms with E-state index in [1.807, 2.05) is 12.1 Å². The fourth-order valence-corrected chi connectivity index (χ4v) is 2.83. The highest BCUT2D eigenvalue weighted by molar-refractivity contribution is 7.80. The van der Waals surface area contributed by atoms with Crippen LogP contribution in [0.15, 0.2) is 18.2 Å². The monoisotopic (exact) mass is 319 g/mol. The van der Waals surface area contributed by atoms with Crippen LogP contribution in [0.25, 0.3) is 0 Å². The number of fused-ring (bicyclic) bond motifs is 1. The summed E-state index contributed by atoms with van der Waals surface area (Å²) in [7, 11) is 0. The van der Waals surface area contributed by atoms with Gasteiger partial charge in [0.2, 0.25) is 0 Å². The number of hydrogen-bond acceptors (Lipinski definition) is 2. The lowest BCUT2D eigenvalue weighted by atomic mass is 9.90. The Morgan fingerprint density at radius 3 is 2.68 bits per heavy atom. The van der Waals surface area contributed by atoms with Gasteiger partial charge in [0.15, 0.2) is 5.11 Å². The van der Waals surface area contributed by atoms with Gasteiger partial charge < -0.3 is 5.32 Å². The summed E-state index contributed by atoms with van der Waals surface area (Å²) < 4.78 is 0. The van der Waals surface area contributed by atoms with E-state index < -0.39 is 0 Å². The first-order valence-corrected chi connectivity index (χ1v) is 8.57. The van der Waals surface area contributed by atoms with Crippen molar-refractivity contribution in [2.45, 2.75) is 51.9 Å². The Labute approximate surface area is 138 Å². The molecule has 0 bridgehead atoms. The van der Waals surface area contributed by atoms with Crippen LogP contribution >= 0.6 is 12.2 Å². The molecule has 1 aromatic rings. The summed E-state index contributed by atoms with van der Waals surface area (Å²) in [5.74, 6) is -0.147. The number of carbonyl (C=O) groups is 1. The summed E-state index contributed by atoms with van der Waals surface area (Å²) in [5.41, 5.74) is 8.78. The number of aryl methyl sites for hydroxylation is 2. The Morgan fingerprint density at radius 2 is 1.91 bits per heavy atom. The van der Waals surface area contributed by atoms with Gasteiger partial charge in [0, 0.05) is 12.1 Å². The Kier molecular flexibility index (Phi) is 6.65. The first kappa shape index (κ1) is 16.7. The second-order valence-corrected chi connectivity index (χ2v) is 6.14. The van der Waals surface area contributed by atoms with E-state index in [1.54, 1.807) is 0 Å². The Morgan fingerprint density at radius 1 is 1.14 bits per heavy atom. The number of amides is 1. The number of benzene rings is 1. The van der Waals surface area contributed by atoms with Crippen LogP contribution < -0.4 is 16.2 Å². The van der Waals surface area contributed by atoms with Gasteiger partial charge in [0.05, 0.1) is 0 Å². The normalized spacial score (nSPS) is 13.1. The molecule has 0 unspecified atom stereocenters. The second kappa shape index (κ2) is 8.73. The zero-order chi connectivity index (χ0) is 15.8. The minimum Gasteiger partial charge on any atom is -0.361 e. The van der Waals surface area contributed by atoms with E-state index in [4.69, 9.17) is 12.2 Å². The van der Waals surface area contributed by atoms with Crippen LogP contribution in [-0.2, 0) is 12.8 Å². The molecule has 0 fully saturated rings. The Bertz CT molecular complexity index is 531. The summed E-state index contributed by atoms with van der Waals surface area (Å²) in [4.78, 5) is 12.2. The van der Waals surface area contributed by atoms with Gasteiger partial charge in [-0.1, -0.05) is 25.8 Å². The maximum Gasteiger partial charge on any atom is 0.269 e. The first-order chi connectivity index (χ1) is 10.7. The molecule has 0 heterocycles. The number of rotatable bonds is 5. The van der Waals surface area contributed by atoms with Crippen molar-refractivity contribution in [1.82, 2.24) is 16.2 Å². The minimum absolute atomic E-state index is 0.147. The van der Waals surface area contributed by atoms with E-state index in [2.05, 4.69) is 29.2 Å². The van der Waals surface area contributed by atoms with Gasteiger partial charge in [0.1, 0.15) is 0 Å². The van der Waals surface area contributed by atoms with Crippen LogP contribution in [0.2, 0.25) is 0 Å². The molecule has 4 nitrogen and oxygen atoms in total. The predicted octanol–water partition coefficient (Wildman–Crippen LogP) is 2.86. The van der Waals surface area contributed by atoms with Gasteiger partial charge in [-0.3, -0.25) is 15.6 Å². The number of carbonyl (C=O) groups excluding carboxylic acids is 1. The van der Waals surface area contributed by atoms with E-state index in [0.717, 1.165) is 25.8 Å². The smallest absolute Gasteiger partial charge is 0.269 e. The van der Waals surface area contributed by atoms with Gasteiger partial charge in [-0.15, -0.1) is 0 Å². The van der Waals surface area contributed by atoms with Crippen molar-refractivity contribution in [3.8, 4) is 0 Å². The SMILES string of the molecule is CCCCCNC(=S)NNC(=O)c1ccc2c(c1)CCCC2. The second-order valence-electron chi connectivity index (χ2n) is 5.73. The molecule has 5 heteroatoms. The summed E-state index contributed by atoms with van der Waals surface area (Å²) >= 11 is 5.13. The molecular formula is C17H25N3OS. The van der Waals surface area contributed by atoms with Crippen LogP contribution in [0, 0.1) is 0 Å². The molecule has 22 heavy (non-hydrogen) atoms. The lowest BCUT2D eigenvalue weighted by Gasteiger charge is -2.17. The van der Waals surface area contributed by atoms with Crippen LogP contribution in [0.4, 0.5) is 0 Å². The molecule has 0 aromatic heterocycles. The number of hydrazine groups is 1. The Balaban J connectivity index is 1.78. The number of nitrogens with one attached hydrogen (secondary N) is 3. The fourth-order valence-electron chi connectivity index (χ4n) is 2.68. The summed E-state index contributed by atoms with van der Waals surface area (Å²) in [5, 5.41) is 3.54. The molecule has 0 saturated heterocycles. The maximum absolute atomic E-state index is 12.2. The number of unbranched alkanes of at least 4 members (excludes halogenated alkanes) is 2. The number of thiocarbonyl (C=S) groups is 1. The molecule has 0 atom stereocenters. The minimum atomic E-state index is -0.147. The van der Waals surface area contributed by atoms with Gasteiger partial charge in [-0.2, -0.15) is 0 Å². The summed E-state index contributed by atoms with van der Waals surface area (Å²) in [6, 6.07) is 5.97. The fraction of sp³-hybridized carbons (Fsp3) is 0.529. The number of hydrogen-bond donors (Lipinski definition) is 3. The zero-order valence-corrected chi connectivity index (χ0v) is 14.0. The van der Waals surface area contributed by atoms with E-state index in [1.165, 1.54) is 36.8 Å². The highest BCUT2D eigenvalue weighted by atomic mass is 32.1. The van der Waals surface area contributed by atoms with Crippen molar-refractivity contribution in [2.24, 2.45) is 0 Å². The summed E-state index contributed by atoms with van der Waals surface area (Å²) in [6.07, 6.45) is 8.09. The van der Waals surface area contributed by atoms with E-state index >= 15 is 0 Å². The van der Waals surface area contributed by atoms with Gasteiger partial charge >= 0.3 is 0 Å². The van der Waals surface area contributed by atoms with Crippen LogP contribution in [0.5, 0.6) is 0 Å². The predicted molar refractivity (Wildman–Crippen MR) is 93.8 cm³/mol.